The topological polar surface area (TPSA) is 20.2 Å². The first kappa shape index (κ1) is 21.6. The molecule has 0 radical (unpaired) electrons. The molecule has 0 aromatic heterocycles. The van der Waals surface area contributed by atoms with Gasteiger partial charge in [-0.1, -0.05) is 121 Å². The standard InChI is InChI=1S/C30H24OP2/c31-24-21-29(32(25-13-5-1-6-14-25)26-15-7-2-8-16-26)23-30(22-24)33(27-17-9-3-10-18-27)28-19-11-4-12-20-28/h1-23,31H. The molecule has 1 nitrogen and oxygen atoms in total. The van der Waals surface area contributed by atoms with Crippen molar-refractivity contribution in [3.8, 4) is 5.75 Å². The van der Waals surface area contributed by atoms with Crippen LogP contribution in [0, 0.1) is 0 Å². The molecule has 0 aliphatic rings. The Morgan fingerprint density at radius 2 is 0.606 bits per heavy atom. The van der Waals surface area contributed by atoms with Gasteiger partial charge < -0.3 is 5.11 Å². The highest BCUT2D eigenvalue weighted by Gasteiger charge is 2.22. The summed E-state index contributed by atoms with van der Waals surface area (Å²) in [5, 5.41) is 18.3. The summed E-state index contributed by atoms with van der Waals surface area (Å²) < 4.78 is 0. The second-order valence-corrected chi connectivity index (χ2v) is 12.2. The summed E-state index contributed by atoms with van der Waals surface area (Å²) in [4.78, 5) is 0. The fourth-order valence-electron chi connectivity index (χ4n) is 4.04. The second-order valence-electron chi connectivity index (χ2n) is 7.72. The van der Waals surface area contributed by atoms with Gasteiger partial charge in [0.2, 0.25) is 0 Å². The maximum Gasteiger partial charge on any atom is 0.116 e. The summed E-state index contributed by atoms with van der Waals surface area (Å²) >= 11 is 0. The third-order valence-corrected chi connectivity index (χ3v) is 10.3. The van der Waals surface area contributed by atoms with Crippen molar-refractivity contribution in [3.63, 3.8) is 0 Å². The molecule has 5 aromatic carbocycles. The summed E-state index contributed by atoms with van der Waals surface area (Å²) in [5.74, 6) is 0.321. The van der Waals surface area contributed by atoms with E-state index in [-0.39, 0.29) is 0 Å². The predicted octanol–water partition coefficient (Wildman–Crippen LogP) is 4.91. The van der Waals surface area contributed by atoms with Crippen molar-refractivity contribution >= 4 is 47.7 Å². The molecule has 3 heteroatoms. The summed E-state index contributed by atoms with van der Waals surface area (Å²) in [7, 11) is -1.58. The van der Waals surface area contributed by atoms with E-state index in [0.717, 1.165) is 10.6 Å². The van der Waals surface area contributed by atoms with Crippen molar-refractivity contribution in [3.05, 3.63) is 140 Å². The quantitative estimate of drug-likeness (QED) is 0.356. The van der Waals surface area contributed by atoms with E-state index in [0.29, 0.717) is 5.75 Å². The lowest BCUT2D eigenvalue weighted by atomic mass is 10.3. The molecule has 0 fully saturated rings. The maximum atomic E-state index is 10.9. The van der Waals surface area contributed by atoms with Gasteiger partial charge in [0.15, 0.2) is 0 Å². The Kier molecular flexibility index (Phi) is 6.63. The normalized spacial score (nSPS) is 11.1. The number of aromatic hydroxyl groups is 1. The minimum atomic E-state index is -0.791. The molecule has 0 aliphatic carbocycles. The maximum absolute atomic E-state index is 10.9. The second kappa shape index (κ2) is 10.1. The molecule has 33 heavy (non-hydrogen) atoms. The summed E-state index contributed by atoms with van der Waals surface area (Å²) in [6.07, 6.45) is 0. The van der Waals surface area contributed by atoms with Gasteiger partial charge in [-0.25, -0.2) is 0 Å². The number of phenolic OH excluding ortho intramolecular Hbond substituents is 1. The van der Waals surface area contributed by atoms with Gasteiger partial charge in [0.05, 0.1) is 0 Å². The number of phenols is 1. The van der Waals surface area contributed by atoms with Crippen molar-refractivity contribution in [2.45, 2.75) is 0 Å². The fraction of sp³-hybridized carbons (Fsp3) is 0. The van der Waals surface area contributed by atoms with E-state index in [4.69, 9.17) is 0 Å². The van der Waals surface area contributed by atoms with Gasteiger partial charge in [0.25, 0.3) is 0 Å². The molecule has 0 unspecified atom stereocenters. The summed E-state index contributed by atoms with van der Waals surface area (Å²) in [6.45, 7) is 0. The van der Waals surface area contributed by atoms with E-state index in [1.165, 1.54) is 21.2 Å². The van der Waals surface area contributed by atoms with Crippen molar-refractivity contribution in [2.24, 2.45) is 0 Å². The van der Waals surface area contributed by atoms with Crippen LogP contribution >= 0.6 is 15.8 Å². The van der Waals surface area contributed by atoms with Crippen LogP contribution in [0.15, 0.2) is 140 Å². The molecule has 0 saturated carbocycles. The van der Waals surface area contributed by atoms with Gasteiger partial charge in [-0.2, -0.15) is 0 Å². The first-order valence-electron chi connectivity index (χ1n) is 10.9. The minimum absolute atomic E-state index is 0.321. The van der Waals surface area contributed by atoms with E-state index >= 15 is 0 Å². The van der Waals surface area contributed by atoms with Crippen LogP contribution in [0.1, 0.15) is 0 Å². The molecule has 5 aromatic rings. The Hall–Kier alpha value is -3.24. The molecule has 1 N–H and O–H groups in total. The number of rotatable bonds is 6. The number of hydrogen-bond acceptors (Lipinski definition) is 1. The third kappa shape index (κ3) is 4.91. The van der Waals surface area contributed by atoms with E-state index in [2.05, 4.69) is 127 Å². The Morgan fingerprint density at radius 1 is 0.333 bits per heavy atom. The van der Waals surface area contributed by atoms with Crippen LogP contribution in [0.2, 0.25) is 0 Å². The lowest BCUT2D eigenvalue weighted by molar-refractivity contribution is 0.476. The largest absolute Gasteiger partial charge is 0.508 e. The molecule has 0 spiro atoms. The van der Waals surface area contributed by atoms with Crippen LogP contribution in [0.5, 0.6) is 5.75 Å². The Morgan fingerprint density at radius 3 is 0.879 bits per heavy atom. The van der Waals surface area contributed by atoms with E-state index < -0.39 is 15.8 Å². The lowest BCUT2D eigenvalue weighted by Gasteiger charge is -2.24. The average molecular weight is 462 g/mol. The molecular formula is C30H24OP2. The molecule has 5 rings (SSSR count). The smallest absolute Gasteiger partial charge is 0.116 e. The van der Waals surface area contributed by atoms with E-state index in [1.54, 1.807) is 0 Å². The minimum Gasteiger partial charge on any atom is -0.508 e. The molecule has 0 amide bonds. The van der Waals surface area contributed by atoms with Gasteiger partial charge >= 0.3 is 0 Å². The van der Waals surface area contributed by atoms with Crippen LogP contribution in [-0.4, -0.2) is 5.11 Å². The van der Waals surface area contributed by atoms with Gasteiger partial charge in [-0.15, -0.1) is 0 Å². The predicted molar refractivity (Wildman–Crippen MR) is 146 cm³/mol. The zero-order valence-electron chi connectivity index (χ0n) is 18.1. The van der Waals surface area contributed by atoms with Crippen LogP contribution < -0.4 is 31.8 Å². The summed E-state index contributed by atoms with van der Waals surface area (Å²) in [5.41, 5.74) is 0. The van der Waals surface area contributed by atoms with Gasteiger partial charge in [-0.05, 0) is 65.9 Å². The molecule has 0 atom stereocenters. The van der Waals surface area contributed by atoms with Crippen LogP contribution in [0.3, 0.4) is 0 Å². The molecular weight excluding hydrogens is 438 g/mol. The molecule has 0 bridgehead atoms. The molecule has 0 aliphatic heterocycles. The van der Waals surface area contributed by atoms with Crippen LogP contribution in [0.25, 0.3) is 0 Å². The van der Waals surface area contributed by atoms with Gasteiger partial charge in [0.1, 0.15) is 5.75 Å². The van der Waals surface area contributed by atoms with Crippen molar-refractivity contribution in [1.29, 1.82) is 0 Å². The molecule has 0 saturated heterocycles. The van der Waals surface area contributed by atoms with Crippen molar-refractivity contribution < 1.29 is 5.11 Å². The molecule has 0 heterocycles. The average Bonchev–Trinajstić information content (AvgIpc) is 2.87. The van der Waals surface area contributed by atoms with E-state index in [9.17, 15) is 5.11 Å². The van der Waals surface area contributed by atoms with Crippen molar-refractivity contribution in [1.82, 2.24) is 0 Å². The first-order valence-corrected chi connectivity index (χ1v) is 13.6. The van der Waals surface area contributed by atoms with Crippen molar-refractivity contribution in [2.75, 3.05) is 0 Å². The number of hydrogen-bond donors (Lipinski definition) is 1. The number of benzene rings is 5. The third-order valence-electron chi connectivity index (χ3n) is 5.46. The van der Waals surface area contributed by atoms with Crippen LogP contribution in [-0.2, 0) is 0 Å². The Labute approximate surface area is 197 Å². The van der Waals surface area contributed by atoms with Gasteiger partial charge in [0, 0.05) is 0 Å². The highest BCUT2D eigenvalue weighted by molar-refractivity contribution is 7.81. The SMILES string of the molecule is Oc1cc(P(c2ccccc2)c2ccccc2)cc(P(c2ccccc2)c2ccccc2)c1. The van der Waals surface area contributed by atoms with E-state index in [1.807, 2.05) is 12.1 Å². The molecule has 160 valence electrons. The Bertz CT molecular complexity index is 1130. The highest BCUT2D eigenvalue weighted by Crippen LogP contribution is 2.37. The lowest BCUT2D eigenvalue weighted by Crippen LogP contribution is -2.26. The summed E-state index contributed by atoms with van der Waals surface area (Å²) in [6, 6.07) is 48.7. The first-order chi connectivity index (χ1) is 16.3. The Balaban J connectivity index is 1.69. The zero-order valence-corrected chi connectivity index (χ0v) is 19.9. The zero-order chi connectivity index (χ0) is 22.5. The highest BCUT2D eigenvalue weighted by atomic mass is 31.1. The van der Waals surface area contributed by atoms with Gasteiger partial charge in [-0.3, -0.25) is 0 Å². The van der Waals surface area contributed by atoms with Crippen LogP contribution in [0.4, 0.5) is 0 Å². The fourth-order valence-corrected chi connectivity index (χ4v) is 8.87. The monoisotopic (exact) mass is 462 g/mol.